The zero-order valence-corrected chi connectivity index (χ0v) is 8.45. The highest BCUT2D eigenvalue weighted by molar-refractivity contribution is 9.10. The minimum absolute atomic E-state index is 0.109. The molecule has 1 aliphatic rings. The van der Waals surface area contributed by atoms with Crippen LogP contribution in [0.4, 0.5) is 0 Å². The van der Waals surface area contributed by atoms with Crippen LogP contribution in [0.15, 0.2) is 27.7 Å². The molecule has 1 aromatic rings. The smallest absolute Gasteiger partial charge is 0.120 e. The highest BCUT2D eigenvalue weighted by Crippen LogP contribution is 2.28. The molecule has 13 heavy (non-hydrogen) atoms. The van der Waals surface area contributed by atoms with Crippen molar-refractivity contribution in [3.05, 3.63) is 28.2 Å². The van der Waals surface area contributed by atoms with Crippen LogP contribution >= 0.6 is 15.9 Å². The first-order valence-electron chi connectivity index (χ1n) is 4.00. The van der Waals surface area contributed by atoms with E-state index in [4.69, 9.17) is 0 Å². The second kappa shape index (κ2) is 3.38. The van der Waals surface area contributed by atoms with Gasteiger partial charge in [0.2, 0.25) is 0 Å². The standard InChI is InChI=1S/C9H9BrN2O/c10-6-1-2-9(13)7(3-6)8-4-11-5-12-8/h1-3,5,8,13H,4H2,(H,11,12). The van der Waals surface area contributed by atoms with Gasteiger partial charge < -0.3 is 10.4 Å². The van der Waals surface area contributed by atoms with Gasteiger partial charge in [-0.25, -0.2) is 0 Å². The minimum Gasteiger partial charge on any atom is -0.508 e. The SMILES string of the molecule is Oc1ccc(Br)cc1C1CN=CN1. The molecule has 1 aliphatic heterocycles. The molecule has 1 aromatic carbocycles. The maximum atomic E-state index is 9.58. The van der Waals surface area contributed by atoms with Crippen molar-refractivity contribution in [2.75, 3.05) is 6.54 Å². The number of hydrogen-bond acceptors (Lipinski definition) is 3. The van der Waals surface area contributed by atoms with Gasteiger partial charge in [0.15, 0.2) is 0 Å². The largest absolute Gasteiger partial charge is 0.508 e. The van der Waals surface area contributed by atoms with Crippen LogP contribution in [-0.4, -0.2) is 18.0 Å². The molecule has 0 bridgehead atoms. The summed E-state index contributed by atoms with van der Waals surface area (Å²) < 4.78 is 0.967. The Hall–Kier alpha value is -1.03. The summed E-state index contributed by atoms with van der Waals surface area (Å²) >= 11 is 3.36. The zero-order valence-electron chi connectivity index (χ0n) is 6.87. The third-order valence-electron chi connectivity index (χ3n) is 2.02. The Morgan fingerprint density at radius 1 is 1.54 bits per heavy atom. The number of hydrogen-bond donors (Lipinski definition) is 2. The number of halogens is 1. The summed E-state index contributed by atoms with van der Waals surface area (Å²) in [6.07, 6.45) is 1.67. The van der Waals surface area contributed by atoms with Crippen molar-refractivity contribution >= 4 is 22.3 Å². The number of phenolic OH excluding ortho intramolecular Hbond substituents is 1. The van der Waals surface area contributed by atoms with Gasteiger partial charge in [-0.2, -0.15) is 0 Å². The Balaban J connectivity index is 2.33. The van der Waals surface area contributed by atoms with Crippen molar-refractivity contribution < 1.29 is 5.11 Å². The lowest BCUT2D eigenvalue weighted by atomic mass is 10.1. The van der Waals surface area contributed by atoms with Crippen LogP contribution in [0.3, 0.4) is 0 Å². The second-order valence-electron chi connectivity index (χ2n) is 2.92. The summed E-state index contributed by atoms with van der Waals surface area (Å²) in [5, 5.41) is 12.6. The first-order chi connectivity index (χ1) is 6.27. The summed E-state index contributed by atoms with van der Waals surface area (Å²) in [5.74, 6) is 0.311. The maximum Gasteiger partial charge on any atom is 0.120 e. The van der Waals surface area contributed by atoms with Crippen LogP contribution in [0.2, 0.25) is 0 Å². The lowest BCUT2D eigenvalue weighted by Crippen LogP contribution is -2.15. The fourth-order valence-electron chi connectivity index (χ4n) is 1.35. The van der Waals surface area contributed by atoms with Crippen molar-refractivity contribution in [1.29, 1.82) is 0 Å². The van der Waals surface area contributed by atoms with Crippen molar-refractivity contribution in [2.45, 2.75) is 6.04 Å². The van der Waals surface area contributed by atoms with Crippen LogP contribution in [-0.2, 0) is 0 Å². The number of rotatable bonds is 1. The number of phenols is 1. The molecule has 1 atom stereocenters. The van der Waals surface area contributed by atoms with Gasteiger partial charge in [0.1, 0.15) is 5.75 Å². The molecule has 0 saturated heterocycles. The van der Waals surface area contributed by atoms with Gasteiger partial charge in [-0.05, 0) is 18.2 Å². The van der Waals surface area contributed by atoms with Crippen LogP contribution in [0.1, 0.15) is 11.6 Å². The lowest BCUT2D eigenvalue weighted by Gasteiger charge is -2.11. The van der Waals surface area contributed by atoms with E-state index in [1.807, 2.05) is 12.1 Å². The van der Waals surface area contributed by atoms with E-state index in [1.165, 1.54) is 0 Å². The van der Waals surface area contributed by atoms with E-state index in [-0.39, 0.29) is 6.04 Å². The highest BCUT2D eigenvalue weighted by atomic mass is 79.9. The topological polar surface area (TPSA) is 44.6 Å². The average Bonchev–Trinajstić information content (AvgIpc) is 2.61. The van der Waals surface area contributed by atoms with E-state index in [0.29, 0.717) is 12.3 Å². The molecule has 1 unspecified atom stereocenters. The van der Waals surface area contributed by atoms with Crippen LogP contribution in [0, 0.1) is 0 Å². The molecule has 4 heteroatoms. The minimum atomic E-state index is 0.109. The number of aliphatic imine (C=N–C) groups is 1. The molecule has 0 saturated carbocycles. The molecular formula is C9H9BrN2O. The molecule has 0 spiro atoms. The summed E-state index contributed by atoms with van der Waals surface area (Å²) in [6.45, 7) is 0.685. The van der Waals surface area contributed by atoms with E-state index in [1.54, 1.807) is 12.4 Å². The quantitative estimate of drug-likeness (QED) is 0.787. The highest BCUT2D eigenvalue weighted by Gasteiger charge is 2.16. The molecule has 0 fully saturated rings. The van der Waals surface area contributed by atoms with Crippen LogP contribution in [0.5, 0.6) is 5.75 Å². The number of nitrogens with zero attached hydrogens (tertiary/aromatic N) is 1. The molecule has 68 valence electrons. The fraction of sp³-hybridized carbons (Fsp3) is 0.222. The third kappa shape index (κ3) is 1.67. The van der Waals surface area contributed by atoms with Gasteiger partial charge in [-0.3, -0.25) is 4.99 Å². The Bertz CT molecular complexity index is 343. The van der Waals surface area contributed by atoms with Gasteiger partial charge in [0.25, 0.3) is 0 Å². The lowest BCUT2D eigenvalue weighted by molar-refractivity contribution is 0.460. The molecule has 3 nitrogen and oxygen atoms in total. The average molecular weight is 241 g/mol. The van der Waals surface area contributed by atoms with Crippen molar-refractivity contribution in [3.8, 4) is 5.75 Å². The van der Waals surface area contributed by atoms with Gasteiger partial charge in [0, 0.05) is 10.0 Å². The van der Waals surface area contributed by atoms with Crippen LogP contribution in [0.25, 0.3) is 0 Å². The molecule has 0 radical (unpaired) electrons. The van der Waals surface area contributed by atoms with E-state index >= 15 is 0 Å². The summed E-state index contributed by atoms with van der Waals surface area (Å²) in [5.41, 5.74) is 0.881. The predicted molar refractivity (Wildman–Crippen MR) is 55.0 cm³/mol. The molecule has 2 rings (SSSR count). The first-order valence-corrected chi connectivity index (χ1v) is 4.79. The zero-order chi connectivity index (χ0) is 9.26. The van der Waals surface area contributed by atoms with E-state index in [2.05, 4.69) is 26.2 Å². The van der Waals surface area contributed by atoms with E-state index in [9.17, 15) is 5.11 Å². The maximum absolute atomic E-state index is 9.58. The molecule has 0 aliphatic carbocycles. The van der Waals surface area contributed by atoms with Crippen molar-refractivity contribution in [3.63, 3.8) is 0 Å². The second-order valence-corrected chi connectivity index (χ2v) is 3.83. The molecular weight excluding hydrogens is 232 g/mol. The van der Waals surface area contributed by atoms with Crippen molar-refractivity contribution in [1.82, 2.24) is 5.32 Å². The first kappa shape index (κ1) is 8.56. The number of benzene rings is 1. The summed E-state index contributed by atoms with van der Waals surface area (Å²) in [6, 6.07) is 5.51. The normalized spacial score (nSPS) is 20.2. The van der Waals surface area contributed by atoms with Gasteiger partial charge in [0.05, 0.1) is 18.9 Å². The van der Waals surface area contributed by atoms with E-state index < -0.39 is 0 Å². The monoisotopic (exact) mass is 240 g/mol. The third-order valence-corrected chi connectivity index (χ3v) is 2.51. The molecule has 0 aromatic heterocycles. The van der Waals surface area contributed by atoms with Gasteiger partial charge in [-0.1, -0.05) is 15.9 Å². The molecule has 2 N–H and O–H groups in total. The number of nitrogens with one attached hydrogen (secondary N) is 1. The van der Waals surface area contributed by atoms with Crippen molar-refractivity contribution in [2.24, 2.45) is 4.99 Å². The fourth-order valence-corrected chi connectivity index (χ4v) is 1.72. The predicted octanol–water partition coefficient (Wildman–Crippen LogP) is 1.83. The van der Waals surface area contributed by atoms with Gasteiger partial charge >= 0.3 is 0 Å². The summed E-state index contributed by atoms with van der Waals surface area (Å²) in [7, 11) is 0. The van der Waals surface area contributed by atoms with E-state index in [0.717, 1.165) is 10.0 Å². The Morgan fingerprint density at radius 2 is 2.38 bits per heavy atom. The Kier molecular flexibility index (Phi) is 2.22. The Labute approximate surface area is 84.6 Å². The Morgan fingerprint density at radius 3 is 3.08 bits per heavy atom. The molecule has 0 amide bonds. The molecule has 1 heterocycles. The van der Waals surface area contributed by atoms with Gasteiger partial charge in [-0.15, -0.1) is 0 Å². The van der Waals surface area contributed by atoms with Crippen LogP contribution < -0.4 is 5.32 Å². The summed E-state index contributed by atoms with van der Waals surface area (Å²) in [4.78, 5) is 4.05. The number of aromatic hydroxyl groups is 1.